The van der Waals surface area contributed by atoms with Crippen molar-refractivity contribution in [1.82, 2.24) is 10.2 Å². The monoisotopic (exact) mass is 256 g/mol. The third-order valence-corrected chi connectivity index (χ3v) is 3.52. The Bertz CT molecular complexity index is 305. The van der Waals surface area contributed by atoms with Gasteiger partial charge in [0, 0.05) is 25.0 Å². The van der Waals surface area contributed by atoms with Gasteiger partial charge in [0.15, 0.2) is 0 Å². The molecule has 1 rings (SSSR count). The summed E-state index contributed by atoms with van der Waals surface area (Å²) in [6.07, 6.45) is 4.09. The minimum absolute atomic E-state index is 0.0367. The van der Waals surface area contributed by atoms with Crippen molar-refractivity contribution < 1.29 is 14.7 Å². The van der Waals surface area contributed by atoms with Crippen LogP contribution in [0.25, 0.3) is 0 Å². The van der Waals surface area contributed by atoms with Crippen LogP contribution in [0.5, 0.6) is 0 Å². The van der Waals surface area contributed by atoms with Crippen LogP contribution < -0.4 is 5.32 Å². The van der Waals surface area contributed by atoms with Crippen LogP contribution in [0, 0.1) is 0 Å². The Morgan fingerprint density at radius 1 is 1.33 bits per heavy atom. The van der Waals surface area contributed by atoms with Gasteiger partial charge in [-0.05, 0) is 26.7 Å². The molecule has 0 heterocycles. The van der Waals surface area contributed by atoms with Crippen LogP contribution in [0.1, 0.15) is 46.5 Å². The van der Waals surface area contributed by atoms with Crippen LogP contribution in [0.4, 0.5) is 0 Å². The molecule has 0 aromatic rings. The first-order valence-corrected chi connectivity index (χ1v) is 6.67. The van der Waals surface area contributed by atoms with Crippen molar-refractivity contribution in [3.8, 4) is 0 Å². The van der Waals surface area contributed by atoms with E-state index >= 15 is 0 Å². The van der Waals surface area contributed by atoms with Crippen molar-refractivity contribution >= 4 is 11.9 Å². The van der Waals surface area contributed by atoms with E-state index in [0.717, 1.165) is 25.7 Å². The van der Waals surface area contributed by atoms with Gasteiger partial charge in [0.05, 0.1) is 6.54 Å². The van der Waals surface area contributed by atoms with Gasteiger partial charge in [-0.15, -0.1) is 0 Å². The molecule has 1 saturated carbocycles. The molecule has 0 spiro atoms. The van der Waals surface area contributed by atoms with Gasteiger partial charge in [0.1, 0.15) is 0 Å². The van der Waals surface area contributed by atoms with Gasteiger partial charge in [0.25, 0.3) is 0 Å². The molecule has 2 N–H and O–H groups in total. The highest BCUT2D eigenvalue weighted by molar-refractivity contribution is 5.74. The number of rotatable bonds is 5. The second-order valence-corrected chi connectivity index (χ2v) is 5.25. The van der Waals surface area contributed by atoms with Crippen molar-refractivity contribution in [2.24, 2.45) is 0 Å². The first-order chi connectivity index (χ1) is 8.43. The Kier molecular flexibility index (Phi) is 5.59. The molecule has 0 unspecified atom stereocenters. The van der Waals surface area contributed by atoms with Gasteiger partial charge in [-0.25, -0.2) is 0 Å². The second kappa shape index (κ2) is 6.73. The van der Waals surface area contributed by atoms with Crippen molar-refractivity contribution in [3.63, 3.8) is 0 Å². The number of aliphatic carboxylic acids is 1. The lowest BCUT2D eigenvalue weighted by molar-refractivity contribution is -0.136. The quantitative estimate of drug-likeness (QED) is 0.776. The number of amides is 1. The van der Waals surface area contributed by atoms with E-state index in [-0.39, 0.29) is 30.6 Å². The number of nitrogens with zero attached hydrogens (tertiary/aromatic N) is 1. The molecular formula is C13H24N2O3. The lowest BCUT2D eigenvalue weighted by Gasteiger charge is -2.42. The maximum absolute atomic E-state index is 11.8. The predicted octanol–water partition coefficient (Wildman–Crippen LogP) is 1.23. The zero-order chi connectivity index (χ0) is 13.7. The van der Waals surface area contributed by atoms with Gasteiger partial charge in [-0.3, -0.25) is 9.59 Å². The summed E-state index contributed by atoms with van der Waals surface area (Å²) in [5.41, 5.74) is 0. The fraction of sp³-hybridized carbons (Fsp3) is 0.846. The van der Waals surface area contributed by atoms with E-state index in [1.54, 1.807) is 6.92 Å². The molecule has 104 valence electrons. The number of hydrogen-bond donors (Lipinski definition) is 2. The number of carboxylic acid groups (broad SMARTS) is 1. The summed E-state index contributed by atoms with van der Waals surface area (Å²) in [5.74, 6) is -0.780. The fourth-order valence-electron chi connectivity index (χ4n) is 2.88. The molecule has 0 bridgehead atoms. The molecule has 1 amide bonds. The molecule has 0 radical (unpaired) electrons. The Balaban J connectivity index is 2.73. The molecule has 5 heteroatoms. The van der Waals surface area contributed by atoms with E-state index < -0.39 is 5.97 Å². The maximum Gasteiger partial charge on any atom is 0.317 e. The summed E-state index contributed by atoms with van der Waals surface area (Å²) in [4.78, 5) is 24.3. The van der Waals surface area contributed by atoms with Gasteiger partial charge < -0.3 is 15.3 Å². The summed E-state index contributed by atoms with van der Waals surface area (Å²) in [5, 5.41) is 11.8. The van der Waals surface area contributed by atoms with Crippen LogP contribution in [0.2, 0.25) is 0 Å². The average molecular weight is 256 g/mol. The minimum Gasteiger partial charge on any atom is -0.480 e. The summed E-state index contributed by atoms with van der Waals surface area (Å²) in [6, 6.07) is 0.372. The molecule has 1 fully saturated rings. The zero-order valence-corrected chi connectivity index (χ0v) is 11.5. The SMILES string of the molecule is CC(=O)N(C(C)C)[C@H]1CCCC[C@H]1NCC(=O)O. The Labute approximate surface area is 109 Å². The number of carbonyl (C=O) groups is 2. The molecule has 0 aliphatic heterocycles. The fourth-order valence-corrected chi connectivity index (χ4v) is 2.88. The standard InChI is InChI=1S/C13H24N2O3/c1-9(2)15(10(3)16)12-7-5-4-6-11(12)14-8-13(17)18/h9,11-12,14H,4-8H2,1-3H3,(H,17,18)/t11-,12+/m1/s1. The van der Waals surface area contributed by atoms with E-state index in [1.165, 1.54) is 0 Å². The van der Waals surface area contributed by atoms with Crippen LogP contribution >= 0.6 is 0 Å². The average Bonchev–Trinajstić information content (AvgIpc) is 2.26. The molecule has 1 aliphatic carbocycles. The summed E-state index contributed by atoms with van der Waals surface area (Å²) < 4.78 is 0. The van der Waals surface area contributed by atoms with E-state index in [4.69, 9.17) is 5.11 Å². The molecule has 5 nitrogen and oxygen atoms in total. The number of nitrogens with one attached hydrogen (secondary N) is 1. The molecular weight excluding hydrogens is 232 g/mol. The van der Waals surface area contributed by atoms with Gasteiger partial charge in [-0.2, -0.15) is 0 Å². The predicted molar refractivity (Wildman–Crippen MR) is 69.3 cm³/mol. The van der Waals surface area contributed by atoms with Gasteiger partial charge in [0.2, 0.25) is 5.91 Å². The van der Waals surface area contributed by atoms with Crippen molar-refractivity contribution in [3.05, 3.63) is 0 Å². The molecule has 0 saturated heterocycles. The Morgan fingerprint density at radius 2 is 1.94 bits per heavy atom. The van der Waals surface area contributed by atoms with E-state index in [0.29, 0.717) is 0 Å². The van der Waals surface area contributed by atoms with Crippen molar-refractivity contribution in [1.29, 1.82) is 0 Å². The highest BCUT2D eigenvalue weighted by Gasteiger charge is 2.32. The van der Waals surface area contributed by atoms with Crippen LogP contribution in [-0.4, -0.2) is 46.6 Å². The first-order valence-electron chi connectivity index (χ1n) is 6.67. The van der Waals surface area contributed by atoms with E-state index in [1.807, 2.05) is 18.7 Å². The van der Waals surface area contributed by atoms with E-state index in [9.17, 15) is 9.59 Å². The van der Waals surface area contributed by atoms with E-state index in [2.05, 4.69) is 5.32 Å². The van der Waals surface area contributed by atoms with Crippen molar-refractivity contribution in [2.45, 2.75) is 64.6 Å². The lowest BCUT2D eigenvalue weighted by Crippen LogP contribution is -2.56. The first kappa shape index (κ1) is 15.0. The van der Waals surface area contributed by atoms with Crippen LogP contribution in [0.15, 0.2) is 0 Å². The lowest BCUT2D eigenvalue weighted by atomic mass is 9.88. The van der Waals surface area contributed by atoms with Crippen LogP contribution in [0.3, 0.4) is 0 Å². The normalized spacial score (nSPS) is 24.0. The molecule has 2 atom stereocenters. The highest BCUT2D eigenvalue weighted by Crippen LogP contribution is 2.25. The van der Waals surface area contributed by atoms with Gasteiger partial charge in [-0.1, -0.05) is 12.8 Å². The second-order valence-electron chi connectivity index (χ2n) is 5.25. The number of carboxylic acids is 1. The Morgan fingerprint density at radius 3 is 2.44 bits per heavy atom. The zero-order valence-electron chi connectivity index (χ0n) is 11.5. The largest absolute Gasteiger partial charge is 0.480 e. The van der Waals surface area contributed by atoms with Crippen molar-refractivity contribution in [2.75, 3.05) is 6.54 Å². The topological polar surface area (TPSA) is 69.6 Å². The number of hydrogen-bond acceptors (Lipinski definition) is 3. The molecule has 18 heavy (non-hydrogen) atoms. The van der Waals surface area contributed by atoms with Crippen LogP contribution in [-0.2, 0) is 9.59 Å². The number of carbonyl (C=O) groups excluding carboxylic acids is 1. The molecule has 0 aromatic heterocycles. The summed E-state index contributed by atoms with van der Waals surface area (Å²) in [6.45, 7) is 5.56. The summed E-state index contributed by atoms with van der Waals surface area (Å²) in [7, 11) is 0. The van der Waals surface area contributed by atoms with Gasteiger partial charge >= 0.3 is 5.97 Å². The summed E-state index contributed by atoms with van der Waals surface area (Å²) >= 11 is 0. The Hall–Kier alpha value is -1.10. The molecule has 1 aliphatic rings. The minimum atomic E-state index is -0.849. The smallest absolute Gasteiger partial charge is 0.317 e. The third-order valence-electron chi connectivity index (χ3n) is 3.52. The highest BCUT2D eigenvalue weighted by atomic mass is 16.4. The molecule has 0 aromatic carbocycles. The maximum atomic E-state index is 11.8. The third kappa shape index (κ3) is 3.98.